The molecule has 0 radical (unpaired) electrons. The number of carboxylic acid groups (broad SMARTS) is 1. The van der Waals surface area contributed by atoms with E-state index in [-0.39, 0.29) is 17.6 Å². The summed E-state index contributed by atoms with van der Waals surface area (Å²) in [5.74, 6) is -1.17. The molecule has 164 valence electrons. The second kappa shape index (κ2) is 7.98. The maximum absolute atomic E-state index is 13.9. The Balaban J connectivity index is 0.000000318. The van der Waals surface area contributed by atoms with E-state index in [1.807, 2.05) is 26.1 Å². The Morgan fingerprint density at radius 3 is 2.47 bits per heavy atom. The molecule has 1 amide bonds. The zero-order chi connectivity index (χ0) is 22.3. The van der Waals surface area contributed by atoms with E-state index in [1.165, 1.54) is 6.07 Å². The normalized spacial score (nSPS) is 28.4. The maximum Gasteiger partial charge on any atom is 0.490 e. The zero-order valence-electron chi connectivity index (χ0n) is 16.6. The van der Waals surface area contributed by atoms with Crippen LogP contribution in [-0.4, -0.2) is 64.5 Å². The van der Waals surface area contributed by atoms with Crippen LogP contribution < -0.4 is 0 Å². The van der Waals surface area contributed by atoms with Crippen LogP contribution in [0.4, 0.5) is 17.6 Å². The van der Waals surface area contributed by atoms with Gasteiger partial charge in [-0.1, -0.05) is 18.2 Å². The average molecular weight is 429 g/mol. The Labute approximate surface area is 171 Å². The highest BCUT2D eigenvalue weighted by Crippen LogP contribution is 2.50. The Morgan fingerprint density at radius 1 is 1.30 bits per heavy atom. The number of likely N-dealkylation sites (tertiary alicyclic amines) is 1. The molecule has 2 aliphatic heterocycles. The topological polar surface area (TPSA) is 73.2 Å². The van der Waals surface area contributed by atoms with Crippen LogP contribution >= 0.6 is 0 Å². The van der Waals surface area contributed by atoms with Crippen molar-refractivity contribution in [3.05, 3.63) is 35.6 Å². The maximum atomic E-state index is 13.9. The molecule has 0 bridgehead atoms. The van der Waals surface area contributed by atoms with Crippen molar-refractivity contribution in [1.29, 1.82) is 0 Å². The summed E-state index contributed by atoms with van der Waals surface area (Å²) in [5.41, 5.74) is 0.184. The van der Waals surface area contributed by atoms with Crippen LogP contribution in [-0.2, 0) is 16.1 Å². The van der Waals surface area contributed by atoms with E-state index < -0.39 is 17.7 Å². The summed E-state index contributed by atoms with van der Waals surface area (Å²) in [6.07, 6.45) is -3.19. The minimum Gasteiger partial charge on any atom is -0.475 e. The van der Waals surface area contributed by atoms with Gasteiger partial charge in [0.1, 0.15) is 17.2 Å². The third-order valence-corrected chi connectivity index (χ3v) is 6.14. The van der Waals surface area contributed by atoms with Crippen molar-refractivity contribution in [2.24, 2.45) is 16.8 Å². The molecule has 0 unspecified atom stereocenters. The number of nitrogens with zero attached hydrogens (tertiary/aromatic N) is 3. The fourth-order valence-electron chi connectivity index (χ4n) is 4.63. The average Bonchev–Trinajstić information content (AvgIpc) is 3.28. The smallest absolute Gasteiger partial charge is 0.475 e. The van der Waals surface area contributed by atoms with Crippen molar-refractivity contribution in [2.75, 3.05) is 20.1 Å². The van der Waals surface area contributed by atoms with Crippen molar-refractivity contribution in [1.82, 2.24) is 9.80 Å². The molecule has 3 atom stereocenters. The number of aliphatic imine (C=N–C) groups is 1. The molecular weight excluding hydrogens is 406 g/mol. The van der Waals surface area contributed by atoms with Gasteiger partial charge >= 0.3 is 12.1 Å². The van der Waals surface area contributed by atoms with Gasteiger partial charge in [-0.05, 0) is 31.7 Å². The van der Waals surface area contributed by atoms with Gasteiger partial charge in [0.15, 0.2) is 0 Å². The predicted octanol–water partition coefficient (Wildman–Crippen LogP) is 2.93. The van der Waals surface area contributed by atoms with Crippen LogP contribution in [0, 0.1) is 17.7 Å². The number of amides is 1. The SMILES string of the molecule is CC1=N[C@@]2(CC[C@@H]3CN(Cc4ccccc4F)C[C@@H]32)C(=O)N1C.O=C(O)C(F)(F)F. The molecule has 0 aromatic heterocycles. The number of hydrogen-bond donors (Lipinski definition) is 1. The van der Waals surface area contributed by atoms with Gasteiger partial charge in [-0.2, -0.15) is 13.2 Å². The third kappa shape index (κ3) is 4.05. The summed E-state index contributed by atoms with van der Waals surface area (Å²) >= 11 is 0. The van der Waals surface area contributed by atoms with Gasteiger partial charge in [0, 0.05) is 38.2 Å². The molecule has 4 rings (SSSR count). The summed E-state index contributed by atoms with van der Waals surface area (Å²) in [6.45, 7) is 4.29. The van der Waals surface area contributed by atoms with Crippen LogP contribution in [0.5, 0.6) is 0 Å². The van der Waals surface area contributed by atoms with Crippen molar-refractivity contribution in [2.45, 2.75) is 38.0 Å². The number of rotatable bonds is 2. The Bertz CT molecular complexity index is 873. The summed E-state index contributed by atoms with van der Waals surface area (Å²) in [7, 11) is 1.81. The number of carbonyl (C=O) groups excluding carboxylic acids is 1. The first kappa shape index (κ1) is 22.2. The van der Waals surface area contributed by atoms with E-state index in [9.17, 15) is 22.4 Å². The number of amidine groups is 1. The van der Waals surface area contributed by atoms with E-state index in [4.69, 9.17) is 14.9 Å². The number of likely N-dealkylation sites (N-methyl/N-ethyl adjacent to an activating group) is 1. The first-order valence-electron chi connectivity index (χ1n) is 9.56. The molecule has 1 saturated carbocycles. The van der Waals surface area contributed by atoms with Gasteiger partial charge in [0.25, 0.3) is 5.91 Å². The van der Waals surface area contributed by atoms with Crippen LogP contribution in [0.25, 0.3) is 0 Å². The van der Waals surface area contributed by atoms with Crippen molar-refractivity contribution < 1.29 is 32.3 Å². The van der Waals surface area contributed by atoms with Crippen molar-refractivity contribution >= 4 is 17.7 Å². The van der Waals surface area contributed by atoms with Gasteiger partial charge in [-0.15, -0.1) is 0 Å². The molecule has 6 nitrogen and oxygen atoms in total. The molecule has 1 aliphatic carbocycles. The molecule has 2 heterocycles. The highest BCUT2D eigenvalue weighted by molar-refractivity contribution is 6.07. The fraction of sp³-hybridized carbons (Fsp3) is 0.550. The van der Waals surface area contributed by atoms with Crippen LogP contribution in [0.15, 0.2) is 29.3 Å². The molecule has 3 aliphatic rings. The summed E-state index contributed by atoms with van der Waals surface area (Å²) < 4.78 is 45.6. The number of hydrogen-bond acceptors (Lipinski definition) is 4. The quantitative estimate of drug-likeness (QED) is 0.734. The number of aliphatic carboxylic acids is 1. The lowest BCUT2D eigenvalue weighted by molar-refractivity contribution is -0.192. The van der Waals surface area contributed by atoms with Gasteiger partial charge in [0.05, 0.1) is 0 Å². The molecule has 2 fully saturated rings. The van der Waals surface area contributed by atoms with Crippen LogP contribution in [0.1, 0.15) is 25.3 Å². The number of alkyl halides is 3. The minimum absolute atomic E-state index is 0.148. The standard InChI is InChI=1S/C18H22FN3O.C2HF3O2/c1-12-20-18(17(23)21(12)2)8-7-13-9-22(11-15(13)18)10-14-5-3-4-6-16(14)19;3-2(4,5)1(6)7/h3-6,13,15H,7-11H2,1-2H3;(H,6,7)/t13-,15+,18-;/m1./s1. The van der Waals surface area contributed by atoms with Crippen LogP contribution in [0.3, 0.4) is 0 Å². The zero-order valence-corrected chi connectivity index (χ0v) is 16.6. The molecule has 1 N–H and O–H groups in total. The number of carbonyl (C=O) groups is 2. The van der Waals surface area contributed by atoms with E-state index in [1.54, 1.807) is 11.0 Å². The monoisotopic (exact) mass is 429 g/mol. The van der Waals surface area contributed by atoms with Gasteiger partial charge < -0.3 is 10.0 Å². The largest absolute Gasteiger partial charge is 0.490 e. The Hall–Kier alpha value is -2.49. The highest BCUT2D eigenvalue weighted by Gasteiger charge is 2.60. The summed E-state index contributed by atoms with van der Waals surface area (Å²) in [5, 5.41) is 7.12. The molecular formula is C20H23F4N3O3. The minimum atomic E-state index is -5.08. The van der Waals surface area contributed by atoms with E-state index in [2.05, 4.69) is 4.90 Å². The fourth-order valence-corrected chi connectivity index (χ4v) is 4.63. The number of halogens is 4. The van der Waals surface area contributed by atoms with Gasteiger partial charge in [0.2, 0.25) is 0 Å². The first-order chi connectivity index (χ1) is 14.0. The molecule has 10 heteroatoms. The number of benzene rings is 1. The first-order valence-corrected chi connectivity index (χ1v) is 9.56. The Kier molecular flexibility index (Phi) is 5.90. The third-order valence-electron chi connectivity index (χ3n) is 6.14. The molecule has 30 heavy (non-hydrogen) atoms. The predicted molar refractivity (Wildman–Crippen MR) is 100 cm³/mol. The molecule has 1 saturated heterocycles. The molecule has 1 spiro atoms. The van der Waals surface area contributed by atoms with Crippen LogP contribution in [0.2, 0.25) is 0 Å². The lowest BCUT2D eigenvalue weighted by atomic mass is 9.85. The van der Waals surface area contributed by atoms with E-state index in [0.717, 1.165) is 37.3 Å². The lowest BCUT2D eigenvalue weighted by Gasteiger charge is -2.27. The Morgan fingerprint density at radius 2 is 1.93 bits per heavy atom. The second-order valence-corrected chi connectivity index (χ2v) is 7.94. The molecule has 1 aromatic carbocycles. The summed E-state index contributed by atoms with van der Waals surface area (Å²) in [4.78, 5) is 30.4. The van der Waals surface area contributed by atoms with Crippen molar-refractivity contribution in [3.8, 4) is 0 Å². The van der Waals surface area contributed by atoms with Crippen molar-refractivity contribution in [3.63, 3.8) is 0 Å². The van der Waals surface area contributed by atoms with Gasteiger partial charge in [-0.3, -0.25) is 14.7 Å². The number of carboxylic acids is 1. The summed E-state index contributed by atoms with van der Waals surface area (Å²) in [6, 6.07) is 6.95. The van der Waals surface area contributed by atoms with E-state index >= 15 is 0 Å². The lowest BCUT2D eigenvalue weighted by Crippen LogP contribution is -2.45. The van der Waals surface area contributed by atoms with E-state index in [0.29, 0.717) is 12.5 Å². The molecule has 1 aromatic rings. The number of fused-ring (bicyclic) bond motifs is 2. The highest BCUT2D eigenvalue weighted by atomic mass is 19.4. The second-order valence-electron chi connectivity index (χ2n) is 7.94. The van der Waals surface area contributed by atoms with Gasteiger partial charge in [-0.25, -0.2) is 9.18 Å².